The van der Waals surface area contributed by atoms with Crippen molar-refractivity contribution in [2.75, 3.05) is 31.1 Å². The van der Waals surface area contributed by atoms with Gasteiger partial charge in [0.2, 0.25) is 5.91 Å². The van der Waals surface area contributed by atoms with E-state index < -0.39 is 35.2 Å². The molecular formula is C35H39BrF2N4O5. The van der Waals surface area contributed by atoms with Gasteiger partial charge in [0.05, 0.1) is 12.2 Å². The highest BCUT2D eigenvalue weighted by Crippen LogP contribution is 2.34. The van der Waals surface area contributed by atoms with Gasteiger partial charge < -0.3 is 25.0 Å². The zero-order valence-electron chi connectivity index (χ0n) is 26.7. The van der Waals surface area contributed by atoms with Crippen LogP contribution in [0.2, 0.25) is 0 Å². The van der Waals surface area contributed by atoms with E-state index in [9.17, 15) is 18.8 Å². The number of hydrogen-bond acceptors (Lipinski definition) is 7. The molecule has 0 spiro atoms. The Balaban J connectivity index is 1.17. The standard InChI is InChI=1S/C35H39BrF2N4O5/c1-35(2,3)47-32(43)12-11-30(33(39)44)42-20-26-25(34(42)45)5-4-6-31(26)46-21-23-8-7-22(17-27(23)37)19-40-13-15-41(16-14-40)29-10-9-24(36)18-28(29)38/h4-10,17-18,30H,11-16,19-21H2,1-3H3,(H2,39,44)/t30-/m0/s1. The Bertz CT molecular complexity index is 1660. The number of nitrogens with two attached hydrogens (primary N) is 1. The molecule has 0 aliphatic carbocycles. The Kier molecular flexibility index (Phi) is 10.5. The molecule has 12 heteroatoms. The van der Waals surface area contributed by atoms with Crippen molar-refractivity contribution < 1.29 is 32.6 Å². The van der Waals surface area contributed by atoms with Crippen LogP contribution in [0, 0.1) is 11.6 Å². The summed E-state index contributed by atoms with van der Waals surface area (Å²) in [4.78, 5) is 43.4. The summed E-state index contributed by atoms with van der Waals surface area (Å²) in [5, 5.41) is 0. The molecule has 0 unspecified atom stereocenters. The first kappa shape index (κ1) is 34.3. The van der Waals surface area contributed by atoms with Gasteiger partial charge in [0.15, 0.2) is 0 Å². The monoisotopic (exact) mass is 712 g/mol. The molecule has 2 N–H and O–H groups in total. The van der Waals surface area contributed by atoms with Crippen LogP contribution >= 0.6 is 15.9 Å². The molecular weight excluding hydrogens is 674 g/mol. The van der Waals surface area contributed by atoms with Gasteiger partial charge in [0, 0.05) is 60.3 Å². The molecule has 3 aromatic rings. The third kappa shape index (κ3) is 8.47. The minimum atomic E-state index is -1.01. The van der Waals surface area contributed by atoms with Gasteiger partial charge in [-0.05, 0) is 69.2 Å². The number of amides is 2. The number of carbonyl (C=O) groups is 3. The molecule has 1 saturated heterocycles. The van der Waals surface area contributed by atoms with Crippen LogP contribution in [0.5, 0.6) is 5.75 Å². The minimum absolute atomic E-state index is 0.0249. The normalized spacial score (nSPS) is 15.8. The Hall–Kier alpha value is -4.03. The predicted molar refractivity (Wildman–Crippen MR) is 177 cm³/mol. The maximum Gasteiger partial charge on any atom is 0.306 e. The fourth-order valence-corrected chi connectivity index (χ4v) is 6.25. The van der Waals surface area contributed by atoms with Gasteiger partial charge in [0.25, 0.3) is 5.91 Å². The molecule has 0 aromatic heterocycles. The van der Waals surface area contributed by atoms with E-state index in [1.54, 1.807) is 51.1 Å². The van der Waals surface area contributed by atoms with Gasteiger partial charge in [-0.25, -0.2) is 8.78 Å². The number of rotatable bonds is 11. The van der Waals surface area contributed by atoms with Gasteiger partial charge >= 0.3 is 5.97 Å². The molecule has 2 heterocycles. The highest BCUT2D eigenvalue weighted by molar-refractivity contribution is 9.10. The van der Waals surface area contributed by atoms with Crippen LogP contribution in [0.4, 0.5) is 14.5 Å². The van der Waals surface area contributed by atoms with Crippen molar-refractivity contribution in [3.63, 3.8) is 0 Å². The molecule has 2 aliphatic rings. The topological polar surface area (TPSA) is 105 Å². The van der Waals surface area contributed by atoms with Crippen LogP contribution in [-0.2, 0) is 34.0 Å². The average molecular weight is 714 g/mol. The number of fused-ring (bicyclic) bond motifs is 1. The van der Waals surface area contributed by atoms with E-state index in [0.29, 0.717) is 65.3 Å². The Morgan fingerprint density at radius 2 is 1.74 bits per heavy atom. The molecule has 0 bridgehead atoms. The molecule has 5 rings (SSSR count). The Morgan fingerprint density at radius 3 is 2.40 bits per heavy atom. The summed E-state index contributed by atoms with van der Waals surface area (Å²) in [6.45, 7) is 8.57. The van der Waals surface area contributed by atoms with Crippen molar-refractivity contribution in [1.82, 2.24) is 9.80 Å². The number of primary amides is 1. The summed E-state index contributed by atoms with van der Waals surface area (Å²) in [7, 11) is 0. The number of carbonyl (C=O) groups excluding carboxylic acids is 3. The molecule has 3 aromatic carbocycles. The Morgan fingerprint density at radius 1 is 1.00 bits per heavy atom. The van der Waals surface area contributed by atoms with Crippen molar-refractivity contribution in [2.24, 2.45) is 5.73 Å². The first-order chi connectivity index (χ1) is 22.3. The summed E-state index contributed by atoms with van der Waals surface area (Å²) in [6, 6.07) is 14.1. The molecule has 47 heavy (non-hydrogen) atoms. The number of ether oxygens (including phenoxy) is 2. The number of esters is 1. The van der Waals surface area contributed by atoms with E-state index in [1.165, 1.54) is 17.0 Å². The molecule has 2 aliphatic heterocycles. The number of anilines is 1. The lowest BCUT2D eigenvalue weighted by Gasteiger charge is -2.36. The molecule has 0 saturated carbocycles. The van der Waals surface area contributed by atoms with Crippen molar-refractivity contribution in [2.45, 2.75) is 65.0 Å². The highest BCUT2D eigenvalue weighted by atomic mass is 79.9. The third-order valence-corrected chi connectivity index (χ3v) is 8.72. The van der Waals surface area contributed by atoms with Crippen molar-refractivity contribution in [3.05, 3.63) is 93.0 Å². The lowest BCUT2D eigenvalue weighted by Crippen LogP contribution is -2.46. The fourth-order valence-electron chi connectivity index (χ4n) is 5.92. The predicted octanol–water partition coefficient (Wildman–Crippen LogP) is 5.56. The van der Waals surface area contributed by atoms with E-state index in [2.05, 4.69) is 20.8 Å². The molecule has 1 fully saturated rings. The largest absolute Gasteiger partial charge is 0.488 e. The van der Waals surface area contributed by atoms with Crippen molar-refractivity contribution in [3.8, 4) is 5.75 Å². The van der Waals surface area contributed by atoms with Crippen LogP contribution in [-0.4, -0.2) is 65.4 Å². The van der Waals surface area contributed by atoms with E-state index in [4.69, 9.17) is 15.2 Å². The second-order valence-electron chi connectivity index (χ2n) is 12.8. The molecule has 250 valence electrons. The van der Waals surface area contributed by atoms with E-state index in [0.717, 1.165) is 5.56 Å². The van der Waals surface area contributed by atoms with Gasteiger partial charge in [0.1, 0.15) is 35.6 Å². The smallest absolute Gasteiger partial charge is 0.306 e. The lowest BCUT2D eigenvalue weighted by atomic mass is 10.1. The number of nitrogens with zero attached hydrogens (tertiary/aromatic N) is 3. The quantitative estimate of drug-likeness (QED) is 0.260. The zero-order chi connectivity index (χ0) is 33.9. The Labute approximate surface area is 281 Å². The first-order valence-corrected chi connectivity index (χ1v) is 16.3. The number of piperazine rings is 1. The van der Waals surface area contributed by atoms with Gasteiger partial charge in [-0.2, -0.15) is 0 Å². The maximum absolute atomic E-state index is 15.2. The van der Waals surface area contributed by atoms with Crippen LogP contribution in [0.1, 0.15) is 60.7 Å². The van der Waals surface area contributed by atoms with Crippen molar-refractivity contribution in [1.29, 1.82) is 0 Å². The average Bonchev–Trinajstić information content (AvgIpc) is 3.33. The summed E-state index contributed by atoms with van der Waals surface area (Å²) >= 11 is 3.29. The van der Waals surface area contributed by atoms with Crippen LogP contribution in [0.25, 0.3) is 0 Å². The second-order valence-corrected chi connectivity index (χ2v) is 13.7. The zero-order valence-corrected chi connectivity index (χ0v) is 28.3. The highest BCUT2D eigenvalue weighted by Gasteiger charge is 2.37. The molecule has 2 amide bonds. The van der Waals surface area contributed by atoms with Crippen molar-refractivity contribution >= 4 is 39.4 Å². The fraction of sp³-hybridized carbons (Fsp3) is 0.400. The van der Waals surface area contributed by atoms with E-state index in [1.807, 2.05) is 17.0 Å². The summed E-state index contributed by atoms with van der Waals surface area (Å²) in [6.07, 6.45) is -0.0526. The summed E-state index contributed by atoms with van der Waals surface area (Å²) in [5.74, 6) is -1.86. The first-order valence-electron chi connectivity index (χ1n) is 15.6. The number of hydrogen-bond donors (Lipinski definition) is 1. The molecule has 0 radical (unpaired) electrons. The van der Waals surface area contributed by atoms with Crippen LogP contribution in [0.15, 0.2) is 59.1 Å². The van der Waals surface area contributed by atoms with Crippen LogP contribution < -0.4 is 15.4 Å². The third-order valence-electron chi connectivity index (χ3n) is 8.23. The summed E-state index contributed by atoms with van der Waals surface area (Å²) in [5.41, 5.74) is 7.66. The van der Waals surface area contributed by atoms with E-state index in [-0.39, 0.29) is 31.8 Å². The number of halogens is 3. The number of benzene rings is 3. The maximum atomic E-state index is 15.2. The summed E-state index contributed by atoms with van der Waals surface area (Å²) < 4.78 is 41.6. The van der Waals surface area contributed by atoms with Crippen LogP contribution in [0.3, 0.4) is 0 Å². The lowest BCUT2D eigenvalue weighted by molar-refractivity contribution is -0.155. The SMILES string of the molecule is CC(C)(C)OC(=O)CC[C@@H](C(N)=O)N1Cc2c(OCc3ccc(CN4CCN(c5ccc(Br)cc5F)CC4)cc3F)cccc2C1=O. The van der Waals surface area contributed by atoms with Gasteiger partial charge in [-0.1, -0.05) is 34.1 Å². The molecule has 1 atom stereocenters. The molecule has 9 nitrogen and oxygen atoms in total. The van der Waals surface area contributed by atoms with E-state index >= 15 is 4.39 Å². The van der Waals surface area contributed by atoms with Gasteiger partial charge in [-0.15, -0.1) is 0 Å². The second kappa shape index (κ2) is 14.4. The minimum Gasteiger partial charge on any atom is -0.488 e. The van der Waals surface area contributed by atoms with Gasteiger partial charge in [-0.3, -0.25) is 19.3 Å².